The predicted molar refractivity (Wildman–Crippen MR) is 52.5 cm³/mol. The summed E-state index contributed by atoms with van der Waals surface area (Å²) in [7, 11) is -4.05. The van der Waals surface area contributed by atoms with E-state index in [4.69, 9.17) is 0 Å². The molecule has 6 nitrogen and oxygen atoms in total. The van der Waals surface area contributed by atoms with Gasteiger partial charge >= 0.3 is 12.1 Å². The molecule has 2 rings (SSSR count). The number of halogens is 3. The Hall–Kier alpha value is -0.870. The maximum atomic E-state index is 11.8. The number of sulfonamides is 1. The van der Waals surface area contributed by atoms with E-state index in [9.17, 15) is 26.4 Å². The average molecular weight is 288 g/mol. The molecule has 0 atom stereocenters. The highest BCUT2D eigenvalue weighted by molar-refractivity contribution is 7.90. The van der Waals surface area contributed by atoms with E-state index in [1.807, 2.05) is 0 Å². The second-order valence-corrected chi connectivity index (χ2v) is 6.57. The fourth-order valence-corrected chi connectivity index (χ4v) is 3.59. The van der Waals surface area contributed by atoms with Crippen molar-refractivity contribution in [2.75, 3.05) is 13.1 Å². The van der Waals surface area contributed by atoms with Gasteiger partial charge in [0.1, 0.15) is 0 Å². The first-order valence-electron chi connectivity index (χ1n) is 5.14. The van der Waals surface area contributed by atoms with Crippen LogP contribution in [0.1, 0.15) is 12.8 Å². The summed E-state index contributed by atoms with van der Waals surface area (Å²) in [5.74, 6) is -2.58. The lowest BCUT2D eigenvalue weighted by atomic mass is 9.64. The standard InChI is InChI=1S/C8H11F3N2O4S/c9-8(10,11)6(14)17-13-18(15,16)5-1-7(2-5)3-12-4-7/h5,12-13H,1-4H2. The molecule has 2 fully saturated rings. The number of alkyl halides is 3. The third-order valence-corrected chi connectivity index (χ3v) is 4.77. The van der Waals surface area contributed by atoms with E-state index in [-0.39, 0.29) is 5.41 Å². The molecular weight excluding hydrogens is 277 g/mol. The Balaban J connectivity index is 1.84. The molecule has 1 spiro atoms. The third kappa shape index (κ3) is 2.45. The molecule has 0 aromatic carbocycles. The van der Waals surface area contributed by atoms with Crippen LogP contribution in [0.4, 0.5) is 13.2 Å². The minimum atomic E-state index is -5.22. The molecule has 1 aliphatic heterocycles. The molecule has 0 aromatic heterocycles. The van der Waals surface area contributed by atoms with Crippen molar-refractivity contribution in [1.29, 1.82) is 0 Å². The zero-order chi connectivity index (χ0) is 13.6. The molecule has 0 unspecified atom stereocenters. The molecule has 18 heavy (non-hydrogen) atoms. The van der Waals surface area contributed by atoms with Crippen LogP contribution in [-0.4, -0.2) is 38.9 Å². The number of nitrogens with one attached hydrogen (secondary N) is 2. The Bertz CT molecular complexity index is 449. The summed E-state index contributed by atoms with van der Waals surface area (Å²) >= 11 is 0. The average Bonchev–Trinajstić information content (AvgIpc) is 2.07. The highest BCUT2D eigenvalue weighted by atomic mass is 32.2. The second-order valence-electron chi connectivity index (χ2n) is 4.65. The Morgan fingerprint density at radius 1 is 1.33 bits per heavy atom. The number of hydrogen-bond acceptors (Lipinski definition) is 5. The van der Waals surface area contributed by atoms with Gasteiger partial charge in [-0.05, 0) is 23.1 Å². The van der Waals surface area contributed by atoms with E-state index in [2.05, 4.69) is 10.2 Å². The summed E-state index contributed by atoms with van der Waals surface area (Å²) < 4.78 is 58.4. The maximum absolute atomic E-state index is 11.8. The number of carbonyl (C=O) groups excluding carboxylic acids is 1. The number of rotatable bonds is 3. The molecule has 1 saturated heterocycles. The largest absolute Gasteiger partial charge is 0.492 e. The van der Waals surface area contributed by atoms with Gasteiger partial charge in [-0.2, -0.15) is 13.2 Å². The van der Waals surface area contributed by atoms with Crippen LogP contribution >= 0.6 is 0 Å². The van der Waals surface area contributed by atoms with Crippen LogP contribution in [0.2, 0.25) is 0 Å². The summed E-state index contributed by atoms with van der Waals surface area (Å²) in [6.45, 7) is 1.42. The van der Waals surface area contributed by atoms with Crippen LogP contribution in [-0.2, 0) is 19.7 Å². The number of carbonyl (C=O) groups is 1. The molecule has 0 amide bonds. The van der Waals surface area contributed by atoms with E-state index < -0.39 is 27.4 Å². The maximum Gasteiger partial charge on any atom is 0.492 e. The lowest BCUT2D eigenvalue weighted by Crippen LogP contribution is -2.64. The normalized spacial score (nSPS) is 23.3. The van der Waals surface area contributed by atoms with Crippen LogP contribution in [0.15, 0.2) is 0 Å². The van der Waals surface area contributed by atoms with Gasteiger partial charge in [0.05, 0.1) is 5.25 Å². The van der Waals surface area contributed by atoms with E-state index in [0.717, 1.165) is 0 Å². The lowest BCUT2D eigenvalue weighted by molar-refractivity contribution is -0.203. The highest BCUT2D eigenvalue weighted by Gasteiger charge is 2.53. The molecule has 1 saturated carbocycles. The SMILES string of the molecule is O=C(ONS(=O)(=O)C1CC2(CNC2)C1)C(F)(F)F. The first kappa shape index (κ1) is 13.6. The van der Waals surface area contributed by atoms with E-state index in [0.29, 0.717) is 25.9 Å². The van der Waals surface area contributed by atoms with Crippen LogP contribution < -0.4 is 10.2 Å². The molecule has 0 aromatic rings. The summed E-state index contributed by atoms with van der Waals surface area (Å²) in [5.41, 5.74) is -0.0482. The minimum absolute atomic E-state index is 0.0482. The molecule has 0 radical (unpaired) electrons. The molecule has 10 heteroatoms. The van der Waals surface area contributed by atoms with Gasteiger partial charge in [0.25, 0.3) is 0 Å². The highest BCUT2D eigenvalue weighted by Crippen LogP contribution is 2.46. The van der Waals surface area contributed by atoms with Crippen molar-refractivity contribution in [3.8, 4) is 0 Å². The van der Waals surface area contributed by atoms with Gasteiger partial charge < -0.3 is 10.2 Å². The molecular formula is C8H11F3N2O4S. The Kier molecular flexibility index (Phi) is 3.06. The van der Waals surface area contributed by atoms with Gasteiger partial charge in [-0.15, -0.1) is 0 Å². The van der Waals surface area contributed by atoms with Crippen molar-refractivity contribution in [1.82, 2.24) is 10.2 Å². The zero-order valence-corrected chi connectivity index (χ0v) is 9.90. The molecule has 1 heterocycles. The molecule has 104 valence electrons. The van der Waals surface area contributed by atoms with Crippen molar-refractivity contribution in [3.63, 3.8) is 0 Å². The minimum Gasteiger partial charge on any atom is -0.348 e. The Labute approximate surface area is 101 Å². The van der Waals surface area contributed by atoms with Gasteiger partial charge in [0, 0.05) is 13.1 Å². The third-order valence-electron chi connectivity index (χ3n) is 3.24. The van der Waals surface area contributed by atoms with E-state index >= 15 is 0 Å². The van der Waals surface area contributed by atoms with Crippen molar-refractivity contribution < 1.29 is 31.2 Å². The monoisotopic (exact) mass is 288 g/mol. The van der Waals surface area contributed by atoms with Crippen LogP contribution in [0, 0.1) is 5.41 Å². The molecule has 0 bridgehead atoms. The first-order chi connectivity index (χ1) is 8.15. The van der Waals surface area contributed by atoms with Crippen molar-refractivity contribution in [2.45, 2.75) is 24.3 Å². The lowest BCUT2D eigenvalue weighted by Gasteiger charge is -2.53. The first-order valence-corrected chi connectivity index (χ1v) is 6.69. The molecule has 1 aliphatic carbocycles. The fraction of sp³-hybridized carbons (Fsp3) is 0.875. The van der Waals surface area contributed by atoms with E-state index in [1.165, 1.54) is 4.89 Å². The Morgan fingerprint density at radius 3 is 2.28 bits per heavy atom. The van der Waals surface area contributed by atoms with Gasteiger partial charge in [-0.3, -0.25) is 0 Å². The van der Waals surface area contributed by atoms with Gasteiger partial charge in [0.2, 0.25) is 10.0 Å². The van der Waals surface area contributed by atoms with Crippen LogP contribution in [0.25, 0.3) is 0 Å². The molecule has 2 N–H and O–H groups in total. The quantitative estimate of drug-likeness (QED) is 0.695. The van der Waals surface area contributed by atoms with Gasteiger partial charge in [-0.1, -0.05) is 0 Å². The molecule has 2 aliphatic rings. The van der Waals surface area contributed by atoms with Gasteiger partial charge in [0.15, 0.2) is 0 Å². The van der Waals surface area contributed by atoms with Crippen LogP contribution in [0.5, 0.6) is 0 Å². The van der Waals surface area contributed by atoms with Crippen molar-refractivity contribution >= 4 is 16.0 Å². The topological polar surface area (TPSA) is 84.5 Å². The summed E-state index contributed by atoms with van der Waals surface area (Å²) in [6.07, 6.45) is -4.50. The van der Waals surface area contributed by atoms with Crippen molar-refractivity contribution in [3.05, 3.63) is 0 Å². The smallest absolute Gasteiger partial charge is 0.348 e. The predicted octanol–water partition coefficient (Wildman–Crippen LogP) is -0.322. The second kappa shape index (κ2) is 4.07. The summed E-state index contributed by atoms with van der Waals surface area (Å²) in [5, 5.41) is 2.19. The zero-order valence-electron chi connectivity index (χ0n) is 9.08. The van der Waals surface area contributed by atoms with E-state index in [1.54, 1.807) is 0 Å². The summed E-state index contributed by atoms with van der Waals surface area (Å²) in [4.78, 5) is 15.1. The fourth-order valence-electron chi connectivity index (χ4n) is 2.11. The number of hydrogen-bond donors (Lipinski definition) is 2. The van der Waals surface area contributed by atoms with Crippen LogP contribution in [0.3, 0.4) is 0 Å². The van der Waals surface area contributed by atoms with Gasteiger partial charge in [-0.25, -0.2) is 13.2 Å². The van der Waals surface area contributed by atoms with Crippen molar-refractivity contribution in [2.24, 2.45) is 5.41 Å². The Morgan fingerprint density at radius 2 is 1.89 bits per heavy atom. The summed E-state index contributed by atoms with van der Waals surface area (Å²) in [6, 6.07) is 0.